The summed E-state index contributed by atoms with van der Waals surface area (Å²) in [6.07, 6.45) is 2.57. The first-order chi connectivity index (χ1) is 8.54. The molecule has 0 spiro atoms. The lowest BCUT2D eigenvalue weighted by Gasteiger charge is -2.07. The summed E-state index contributed by atoms with van der Waals surface area (Å²) in [5.74, 6) is 0. The summed E-state index contributed by atoms with van der Waals surface area (Å²) < 4.78 is 4.33. The predicted octanol–water partition coefficient (Wildman–Crippen LogP) is 1.54. The third-order valence-corrected chi connectivity index (χ3v) is 3.79. The Hall–Kier alpha value is -1.56. The third-order valence-electron chi connectivity index (χ3n) is 2.87. The molecule has 0 unspecified atom stereocenters. The van der Waals surface area contributed by atoms with Crippen molar-refractivity contribution in [2.75, 3.05) is 5.73 Å². The van der Waals surface area contributed by atoms with E-state index in [1.807, 2.05) is 14.0 Å². The molecule has 6 heteroatoms. The van der Waals surface area contributed by atoms with Crippen molar-refractivity contribution in [3.8, 4) is 0 Å². The van der Waals surface area contributed by atoms with Gasteiger partial charge in [-0.15, -0.1) is 0 Å². The van der Waals surface area contributed by atoms with Crippen molar-refractivity contribution in [2.24, 2.45) is 7.05 Å². The molecule has 2 N–H and O–H groups in total. The normalized spacial score (nSPS) is 10.8. The number of hydrogen-bond acceptors (Lipinski definition) is 3. The van der Waals surface area contributed by atoms with Gasteiger partial charge in [-0.2, -0.15) is 5.10 Å². The zero-order chi connectivity index (χ0) is 13.3. The minimum absolute atomic E-state index is 0.177. The van der Waals surface area contributed by atoms with Gasteiger partial charge < -0.3 is 10.3 Å². The van der Waals surface area contributed by atoms with Gasteiger partial charge in [0.1, 0.15) is 0 Å². The summed E-state index contributed by atoms with van der Waals surface area (Å²) >= 11 is 3.53. The standard InChI is InChI=1S/C12H15BrN4O/c1-3-9-11(13)10(16(2)15-9)7-17-6-4-5-8(14)12(17)18/h4-6H,3,7,14H2,1-2H3. The van der Waals surface area contributed by atoms with Gasteiger partial charge in [0.25, 0.3) is 5.56 Å². The zero-order valence-corrected chi connectivity index (χ0v) is 11.9. The Kier molecular flexibility index (Phi) is 3.56. The molecule has 0 atom stereocenters. The Morgan fingerprint density at radius 3 is 2.83 bits per heavy atom. The molecule has 0 amide bonds. The molecule has 0 aliphatic heterocycles. The molecule has 5 nitrogen and oxygen atoms in total. The van der Waals surface area contributed by atoms with Gasteiger partial charge in [0.2, 0.25) is 0 Å². The summed E-state index contributed by atoms with van der Waals surface area (Å²) in [5, 5.41) is 4.40. The molecule has 0 aliphatic carbocycles. The van der Waals surface area contributed by atoms with Crippen molar-refractivity contribution in [1.82, 2.24) is 14.3 Å². The van der Waals surface area contributed by atoms with Crippen LogP contribution in [-0.2, 0) is 20.0 Å². The SMILES string of the molecule is CCc1nn(C)c(Cn2cccc(N)c2=O)c1Br. The van der Waals surface area contributed by atoms with Crippen LogP contribution in [0.5, 0.6) is 0 Å². The Morgan fingerprint density at radius 2 is 2.22 bits per heavy atom. The molecular weight excluding hydrogens is 296 g/mol. The van der Waals surface area contributed by atoms with Gasteiger partial charge in [0.05, 0.1) is 28.1 Å². The van der Waals surface area contributed by atoms with Crippen molar-refractivity contribution in [3.05, 3.63) is 44.5 Å². The van der Waals surface area contributed by atoms with Gasteiger partial charge in [0.15, 0.2) is 0 Å². The molecule has 0 radical (unpaired) electrons. The minimum atomic E-state index is -0.177. The molecule has 0 aliphatic rings. The Morgan fingerprint density at radius 1 is 1.50 bits per heavy atom. The number of aromatic nitrogens is 3. The average molecular weight is 311 g/mol. The molecule has 96 valence electrons. The molecule has 0 bridgehead atoms. The number of aryl methyl sites for hydroxylation is 2. The second-order valence-corrected chi connectivity index (χ2v) is 4.87. The van der Waals surface area contributed by atoms with Gasteiger partial charge in [-0.1, -0.05) is 6.92 Å². The summed E-state index contributed by atoms with van der Waals surface area (Å²) in [5.41, 5.74) is 7.64. The molecule has 18 heavy (non-hydrogen) atoms. The predicted molar refractivity (Wildman–Crippen MR) is 74.5 cm³/mol. The van der Waals surface area contributed by atoms with Crippen LogP contribution in [0.25, 0.3) is 0 Å². The van der Waals surface area contributed by atoms with Crippen molar-refractivity contribution >= 4 is 21.6 Å². The lowest BCUT2D eigenvalue weighted by molar-refractivity contribution is 0.649. The van der Waals surface area contributed by atoms with Gasteiger partial charge in [-0.05, 0) is 34.5 Å². The summed E-state index contributed by atoms with van der Waals surface area (Å²) in [4.78, 5) is 11.9. The van der Waals surface area contributed by atoms with Crippen LogP contribution in [-0.4, -0.2) is 14.3 Å². The van der Waals surface area contributed by atoms with Crippen LogP contribution in [0.2, 0.25) is 0 Å². The summed E-state index contributed by atoms with van der Waals surface area (Å²) in [6.45, 7) is 2.50. The maximum Gasteiger partial charge on any atom is 0.274 e. The maximum atomic E-state index is 11.9. The van der Waals surface area contributed by atoms with E-state index in [1.165, 1.54) is 0 Å². The largest absolute Gasteiger partial charge is 0.394 e. The number of nitrogens with zero attached hydrogens (tertiary/aromatic N) is 3. The summed E-state index contributed by atoms with van der Waals surface area (Å²) in [7, 11) is 1.87. The highest BCUT2D eigenvalue weighted by Gasteiger charge is 2.13. The van der Waals surface area contributed by atoms with Crippen LogP contribution in [0.15, 0.2) is 27.6 Å². The van der Waals surface area contributed by atoms with E-state index in [-0.39, 0.29) is 11.2 Å². The van der Waals surface area contributed by atoms with Crippen LogP contribution in [0.3, 0.4) is 0 Å². The molecule has 2 aromatic rings. The highest BCUT2D eigenvalue weighted by atomic mass is 79.9. The Balaban J connectivity index is 2.43. The van der Waals surface area contributed by atoms with E-state index in [0.29, 0.717) is 6.54 Å². The van der Waals surface area contributed by atoms with E-state index < -0.39 is 0 Å². The maximum absolute atomic E-state index is 11.9. The van der Waals surface area contributed by atoms with E-state index in [0.717, 1.165) is 22.3 Å². The van der Waals surface area contributed by atoms with Gasteiger partial charge in [0, 0.05) is 13.2 Å². The Bertz CT molecular complexity index is 629. The number of rotatable bonds is 3. The van der Waals surface area contributed by atoms with Crippen molar-refractivity contribution in [2.45, 2.75) is 19.9 Å². The molecule has 0 aromatic carbocycles. The van der Waals surface area contributed by atoms with E-state index in [4.69, 9.17) is 5.73 Å². The number of anilines is 1. The lowest BCUT2D eigenvalue weighted by atomic mass is 10.3. The fraction of sp³-hybridized carbons (Fsp3) is 0.333. The van der Waals surface area contributed by atoms with Crippen LogP contribution in [0, 0.1) is 0 Å². The van der Waals surface area contributed by atoms with Crippen molar-refractivity contribution < 1.29 is 0 Å². The topological polar surface area (TPSA) is 65.8 Å². The first-order valence-corrected chi connectivity index (χ1v) is 6.49. The van der Waals surface area contributed by atoms with E-state index in [2.05, 4.69) is 21.0 Å². The second-order valence-electron chi connectivity index (χ2n) is 4.08. The van der Waals surface area contributed by atoms with Gasteiger partial charge in [-0.25, -0.2) is 0 Å². The number of hydrogen-bond donors (Lipinski definition) is 1. The lowest BCUT2D eigenvalue weighted by Crippen LogP contribution is -2.23. The molecule has 0 saturated carbocycles. The molecular formula is C12H15BrN4O. The van der Waals surface area contributed by atoms with Crippen molar-refractivity contribution in [3.63, 3.8) is 0 Å². The highest BCUT2D eigenvalue weighted by Crippen LogP contribution is 2.22. The Labute approximate surface area is 113 Å². The van der Waals surface area contributed by atoms with Crippen molar-refractivity contribution in [1.29, 1.82) is 0 Å². The molecule has 2 heterocycles. The fourth-order valence-electron chi connectivity index (χ4n) is 1.83. The van der Waals surface area contributed by atoms with Crippen LogP contribution in [0.1, 0.15) is 18.3 Å². The quantitative estimate of drug-likeness (QED) is 0.935. The van der Waals surface area contributed by atoms with Crippen LogP contribution >= 0.6 is 15.9 Å². The van der Waals surface area contributed by atoms with Gasteiger partial charge >= 0.3 is 0 Å². The molecule has 2 aromatic heterocycles. The van der Waals surface area contributed by atoms with Crippen LogP contribution < -0.4 is 11.3 Å². The van der Waals surface area contributed by atoms with Crippen LogP contribution in [0.4, 0.5) is 5.69 Å². The van der Waals surface area contributed by atoms with E-state index in [9.17, 15) is 4.79 Å². The minimum Gasteiger partial charge on any atom is -0.394 e. The highest BCUT2D eigenvalue weighted by molar-refractivity contribution is 9.10. The first kappa shape index (κ1) is 12.9. The average Bonchev–Trinajstić information content (AvgIpc) is 2.62. The third kappa shape index (κ3) is 2.20. The molecule has 0 saturated heterocycles. The second kappa shape index (κ2) is 4.97. The van der Waals surface area contributed by atoms with E-state index in [1.54, 1.807) is 27.6 Å². The first-order valence-electron chi connectivity index (χ1n) is 5.69. The number of nitrogen functional groups attached to an aromatic ring is 1. The number of nitrogens with two attached hydrogens (primary N) is 1. The number of pyridine rings is 1. The fourth-order valence-corrected chi connectivity index (χ4v) is 2.57. The number of halogens is 1. The monoisotopic (exact) mass is 310 g/mol. The van der Waals surface area contributed by atoms with E-state index >= 15 is 0 Å². The van der Waals surface area contributed by atoms with Gasteiger partial charge in [-0.3, -0.25) is 9.48 Å². The smallest absolute Gasteiger partial charge is 0.274 e. The molecule has 0 fully saturated rings. The molecule has 2 rings (SSSR count). The summed E-state index contributed by atoms with van der Waals surface area (Å²) in [6, 6.07) is 3.37. The zero-order valence-electron chi connectivity index (χ0n) is 10.4.